The van der Waals surface area contributed by atoms with Gasteiger partial charge in [-0.3, -0.25) is 9.69 Å². The second-order valence-electron chi connectivity index (χ2n) is 7.72. The number of aliphatic hydroxyl groups excluding tert-OH is 1. The molecule has 0 bridgehead atoms. The molecule has 2 aromatic rings. The fourth-order valence-corrected chi connectivity index (χ4v) is 3.74. The van der Waals surface area contributed by atoms with Gasteiger partial charge in [0.1, 0.15) is 24.0 Å². The summed E-state index contributed by atoms with van der Waals surface area (Å²) in [7, 11) is 0. The molecule has 1 saturated heterocycles. The number of imide groups is 1. The maximum atomic E-state index is 13.1. The van der Waals surface area contributed by atoms with Crippen molar-refractivity contribution in [3.8, 4) is 17.2 Å². The highest BCUT2D eigenvalue weighted by atomic mass is 16.7. The Balaban J connectivity index is 1.45. The number of hydrogen-bond donors (Lipinski definition) is 2. The quantitative estimate of drug-likeness (QED) is 0.707. The van der Waals surface area contributed by atoms with E-state index >= 15 is 0 Å². The Labute approximate surface area is 174 Å². The summed E-state index contributed by atoms with van der Waals surface area (Å²) in [5.74, 6) is 1.36. The second-order valence-corrected chi connectivity index (χ2v) is 7.72. The molecule has 2 heterocycles. The fraction of sp³-hybridized carbons (Fsp3) is 0.364. The third-order valence-electron chi connectivity index (χ3n) is 5.45. The molecule has 0 radical (unpaired) electrons. The van der Waals surface area contributed by atoms with Gasteiger partial charge in [0.15, 0.2) is 11.5 Å². The topological polar surface area (TPSA) is 97.3 Å². The molecule has 4 rings (SSSR count). The summed E-state index contributed by atoms with van der Waals surface area (Å²) in [6.45, 7) is 5.38. The molecule has 2 aromatic carbocycles. The van der Waals surface area contributed by atoms with Crippen molar-refractivity contribution in [2.24, 2.45) is 0 Å². The molecule has 0 saturated carbocycles. The maximum Gasteiger partial charge on any atom is 0.325 e. The fourth-order valence-electron chi connectivity index (χ4n) is 3.74. The number of β-amino-alcohol motifs (C(OH)–C–C–N with tert-alkyl or cyclic N) is 1. The second kappa shape index (κ2) is 7.53. The zero-order valence-electron chi connectivity index (χ0n) is 17.1. The van der Waals surface area contributed by atoms with E-state index in [0.717, 1.165) is 16.0 Å². The number of amides is 3. The number of benzene rings is 2. The Morgan fingerprint density at radius 2 is 1.87 bits per heavy atom. The van der Waals surface area contributed by atoms with E-state index in [2.05, 4.69) is 5.32 Å². The van der Waals surface area contributed by atoms with Crippen molar-refractivity contribution in [2.45, 2.75) is 32.4 Å². The highest BCUT2D eigenvalue weighted by molar-refractivity contribution is 6.07. The normalized spacial score (nSPS) is 21.0. The predicted octanol–water partition coefficient (Wildman–Crippen LogP) is 2.24. The van der Waals surface area contributed by atoms with Crippen molar-refractivity contribution < 1.29 is 28.9 Å². The lowest BCUT2D eigenvalue weighted by Crippen LogP contribution is -2.42. The van der Waals surface area contributed by atoms with Gasteiger partial charge in [0, 0.05) is 0 Å². The van der Waals surface area contributed by atoms with E-state index in [9.17, 15) is 14.7 Å². The number of para-hydroxylation sites is 1. The summed E-state index contributed by atoms with van der Waals surface area (Å²) in [4.78, 5) is 26.6. The molecule has 3 amide bonds. The van der Waals surface area contributed by atoms with Crippen LogP contribution in [0.1, 0.15) is 23.6 Å². The van der Waals surface area contributed by atoms with Crippen LogP contribution in [0.15, 0.2) is 36.4 Å². The van der Waals surface area contributed by atoms with E-state index < -0.39 is 23.6 Å². The van der Waals surface area contributed by atoms with Crippen LogP contribution in [0.2, 0.25) is 0 Å². The zero-order chi connectivity index (χ0) is 21.5. The Kier molecular flexibility index (Phi) is 5.03. The average molecular weight is 412 g/mol. The predicted molar refractivity (Wildman–Crippen MR) is 108 cm³/mol. The van der Waals surface area contributed by atoms with Gasteiger partial charge in [-0.15, -0.1) is 0 Å². The van der Waals surface area contributed by atoms with Crippen LogP contribution in [0.3, 0.4) is 0 Å². The number of hydrogen-bond acceptors (Lipinski definition) is 6. The third-order valence-corrected chi connectivity index (χ3v) is 5.45. The Morgan fingerprint density at radius 1 is 1.17 bits per heavy atom. The van der Waals surface area contributed by atoms with Gasteiger partial charge < -0.3 is 24.6 Å². The Hall–Kier alpha value is -3.26. The van der Waals surface area contributed by atoms with Crippen LogP contribution < -0.4 is 19.5 Å². The molecule has 8 heteroatoms. The van der Waals surface area contributed by atoms with Crippen LogP contribution in [-0.4, -0.2) is 48.0 Å². The van der Waals surface area contributed by atoms with Gasteiger partial charge in [0.05, 0.1) is 6.54 Å². The van der Waals surface area contributed by atoms with Gasteiger partial charge in [-0.2, -0.15) is 0 Å². The van der Waals surface area contributed by atoms with Crippen molar-refractivity contribution >= 4 is 11.9 Å². The molecule has 1 fully saturated rings. The van der Waals surface area contributed by atoms with Crippen LogP contribution in [0.4, 0.5) is 4.79 Å². The number of ether oxygens (including phenoxy) is 3. The molecule has 0 unspecified atom stereocenters. The zero-order valence-corrected chi connectivity index (χ0v) is 17.1. The van der Waals surface area contributed by atoms with E-state index in [-0.39, 0.29) is 19.9 Å². The number of urea groups is 1. The van der Waals surface area contributed by atoms with E-state index in [1.54, 1.807) is 25.1 Å². The molecule has 8 nitrogen and oxygen atoms in total. The minimum atomic E-state index is -1.26. The number of carbonyl (C=O) groups excluding carboxylic acids is 2. The summed E-state index contributed by atoms with van der Waals surface area (Å²) < 4.78 is 16.4. The number of aryl methyl sites for hydroxylation is 2. The van der Waals surface area contributed by atoms with Gasteiger partial charge >= 0.3 is 6.03 Å². The first-order chi connectivity index (χ1) is 14.3. The van der Waals surface area contributed by atoms with Gasteiger partial charge in [0.2, 0.25) is 6.79 Å². The lowest BCUT2D eigenvalue weighted by Gasteiger charge is -2.23. The van der Waals surface area contributed by atoms with Gasteiger partial charge in [-0.25, -0.2) is 4.79 Å². The number of fused-ring (bicyclic) bond motifs is 1. The number of rotatable bonds is 6. The van der Waals surface area contributed by atoms with Crippen LogP contribution in [0, 0.1) is 13.8 Å². The summed E-state index contributed by atoms with van der Waals surface area (Å²) >= 11 is 0. The van der Waals surface area contributed by atoms with E-state index in [1.165, 1.54) is 0 Å². The highest BCUT2D eigenvalue weighted by Crippen LogP contribution is 2.37. The number of nitrogens with zero attached hydrogens (tertiary/aromatic N) is 1. The van der Waals surface area contributed by atoms with E-state index in [0.29, 0.717) is 22.8 Å². The van der Waals surface area contributed by atoms with Gasteiger partial charge in [-0.1, -0.05) is 24.3 Å². The van der Waals surface area contributed by atoms with Crippen molar-refractivity contribution in [3.63, 3.8) is 0 Å². The van der Waals surface area contributed by atoms with E-state index in [1.807, 2.05) is 32.0 Å². The average Bonchev–Trinajstić information content (AvgIpc) is 3.26. The molecule has 158 valence electrons. The minimum absolute atomic E-state index is 0.0382. The van der Waals surface area contributed by atoms with Crippen LogP contribution in [0.5, 0.6) is 17.2 Å². The van der Waals surface area contributed by atoms with Gasteiger partial charge in [-0.05, 0) is 49.6 Å². The number of aliphatic hydroxyl groups is 1. The van der Waals surface area contributed by atoms with Gasteiger partial charge in [0.25, 0.3) is 5.91 Å². The maximum absolute atomic E-state index is 13.1. The largest absolute Gasteiger partial charge is 0.490 e. The molecule has 2 N–H and O–H groups in total. The molecular formula is C22H24N2O6. The van der Waals surface area contributed by atoms with E-state index in [4.69, 9.17) is 14.2 Å². The molecule has 0 aromatic heterocycles. The summed E-state index contributed by atoms with van der Waals surface area (Å²) in [6, 6.07) is 10.3. The SMILES string of the molecule is Cc1cccc(C)c1OC[C@@H](O)CN1C(=O)N[C@@](C)(c2ccc3c(c2)OCO3)C1=O. The molecular weight excluding hydrogens is 388 g/mol. The van der Waals surface area contributed by atoms with Crippen molar-refractivity contribution in [3.05, 3.63) is 53.1 Å². The van der Waals surface area contributed by atoms with Crippen LogP contribution in [0.25, 0.3) is 0 Å². The Bertz CT molecular complexity index is 987. The van der Waals surface area contributed by atoms with Crippen molar-refractivity contribution in [1.29, 1.82) is 0 Å². The molecule has 0 spiro atoms. The number of nitrogens with one attached hydrogen (secondary N) is 1. The third kappa shape index (κ3) is 3.43. The minimum Gasteiger partial charge on any atom is -0.490 e. The standard InChI is InChI=1S/C22H24N2O6/c1-13-5-4-6-14(2)19(13)28-11-16(25)10-24-20(26)22(3,23-21(24)27)15-7-8-17-18(9-15)30-12-29-17/h4-9,16,25H,10-12H2,1-3H3,(H,23,27)/t16-,22-/m0/s1. The van der Waals surface area contributed by atoms with Crippen LogP contribution >= 0.6 is 0 Å². The summed E-state index contributed by atoms with van der Waals surface area (Å²) in [5.41, 5.74) is 1.22. The van der Waals surface area contributed by atoms with Crippen molar-refractivity contribution in [1.82, 2.24) is 10.2 Å². The molecule has 2 aliphatic heterocycles. The molecule has 30 heavy (non-hydrogen) atoms. The summed E-state index contributed by atoms with van der Waals surface area (Å²) in [5, 5.41) is 13.1. The molecule has 0 aliphatic carbocycles. The van der Waals surface area contributed by atoms with Crippen molar-refractivity contribution in [2.75, 3.05) is 19.9 Å². The highest BCUT2D eigenvalue weighted by Gasteiger charge is 2.49. The van der Waals surface area contributed by atoms with Crippen LogP contribution in [-0.2, 0) is 10.3 Å². The number of carbonyl (C=O) groups is 2. The lowest BCUT2D eigenvalue weighted by molar-refractivity contribution is -0.132. The first-order valence-corrected chi connectivity index (χ1v) is 9.71. The first kappa shape index (κ1) is 20.0. The smallest absolute Gasteiger partial charge is 0.325 e. The Morgan fingerprint density at radius 3 is 2.60 bits per heavy atom. The first-order valence-electron chi connectivity index (χ1n) is 9.71. The summed E-state index contributed by atoms with van der Waals surface area (Å²) in [6.07, 6.45) is -1.03. The molecule has 2 atom stereocenters. The molecule has 2 aliphatic rings. The monoisotopic (exact) mass is 412 g/mol. The lowest BCUT2D eigenvalue weighted by atomic mass is 9.91.